The lowest BCUT2D eigenvalue weighted by Crippen LogP contribution is -2.68. The molecule has 80 valence electrons. The summed E-state index contributed by atoms with van der Waals surface area (Å²) in [5.74, 6) is 0.0486. The molecule has 1 aromatic rings. The standard InChI is InChI=1S/C10H13N3O2/c14-10(7-4-12-15-6-7)13-3-1-2-8-9(13)5-11-8/h4,6,8-9,11H,1-3,5H2. The summed E-state index contributed by atoms with van der Waals surface area (Å²) in [6.07, 6.45) is 5.15. The van der Waals surface area contributed by atoms with Gasteiger partial charge in [0.15, 0.2) is 0 Å². The van der Waals surface area contributed by atoms with Gasteiger partial charge in [0.05, 0.1) is 17.8 Å². The minimum atomic E-state index is 0.0486. The molecule has 2 fully saturated rings. The van der Waals surface area contributed by atoms with Gasteiger partial charge in [-0.15, -0.1) is 0 Å². The molecule has 2 aliphatic heterocycles. The number of nitrogens with zero attached hydrogens (tertiary/aromatic N) is 2. The number of piperidine rings is 1. The van der Waals surface area contributed by atoms with Crippen LogP contribution in [0.15, 0.2) is 17.0 Å². The van der Waals surface area contributed by atoms with Gasteiger partial charge in [0.2, 0.25) is 0 Å². The second-order valence-electron chi connectivity index (χ2n) is 4.14. The number of hydrogen-bond acceptors (Lipinski definition) is 4. The van der Waals surface area contributed by atoms with Crippen LogP contribution < -0.4 is 5.32 Å². The van der Waals surface area contributed by atoms with Crippen LogP contribution in [0.25, 0.3) is 0 Å². The highest BCUT2D eigenvalue weighted by Crippen LogP contribution is 2.24. The van der Waals surface area contributed by atoms with E-state index in [9.17, 15) is 4.79 Å². The molecule has 0 spiro atoms. The number of nitrogens with one attached hydrogen (secondary N) is 1. The third kappa shape index (κ3) is 1.34. The van der Waals surface area contributed by atoms with Crippen LogP contribution in [0.2, 0.25) is 0 Å². The quantitative estimate of drug-likeness (QED) is 0.717. The Morgan fingerprint density at radius 2 is 2.60 bits per heavy atom. The van der Waals surface area contributed by atoms with Crippen molar-refractivity contribution in [2.24, 2.45) is 0 Å². The summed E-state index contributed by atoms with van der Waals surface area (Å²) in [7, 11) is 0. The van der Waals surface area contributed by atoms with E-state index in [0.717, 1.165) is 19.5 Å². The number of rotatable bonds is 1. The van der Waals surface area contributed by atoms with E-state index in [1.54, 1.807) is 0 Å². The summed E-state index contributed by atoms with van der Waals surface area (Å²) < 4.78 is 4.69. The minimum absolute atomic E-state index is 0.0486. The monoisotopic (exact) mass is 207 g/mol. The van der Waals surface area contributed by atoms with Crippen molar-refractivity contribution in [2.75, 3.05) is 13.1 Å². The van der Waals surface area contributed by atoms with Crippen LogP contribution >= 0.6 is 0 Å². The van der Waals surface area contributed by atoms with Crippen molar-refractivity contribution in [2.45, 2.75) is 24.9 Å². The maximum absolute atomic E-state index is 12.0. The lowest BCUT2D eigenvalue weighted by molar-refractivity contribution is 0.0365. The lowest BCUT2D eigenvalue weighted by atomic mass is 9.89. The third-order valence-electron chi connectivity index (χ3n) is 3.31. The van der Waals surface area contributed by atoms with Crippen LogP contribution in [0, 0.1) is 0 Å². The van der Waals surface area contributed by atoms with Crippen molar-refractivity contribution in [1.29, 1.82) is 0 Å². The largest absolute Gasteiger partial charge is 0.364 e. The second-order valence-corrected chi connectivity index (χ2v) is 4.14. The first kappa shape index (κ1) is 8.91. The van der Waals surface area contributed by atoms with Gasteiger partial charge in [-0.25, -0.2) is 0 Å². The number of amides is 1. The topological polar surface area (TPSA) is 58.4 Å². The van der Waals surface area contributed by atoms with E-state index in [4.69, 9.17) is 4.52 Å². The van der Waals surface area contributed by atoms with E-state index < -0.39 is 0 Å². The van der Waals surface area contributed by atoms with Gasteiger partial charge < -0.3 is 14.7 Å². The van der Waals surface area contributed by atoms with E-state index in [1.165, 1.54) is 18.9 Å². The van der Waals surface area contributed by atoms with Gasteiger partial charge in [-0.05, 0) is 12.8 Å². The average Bonchev–Trinajstić information content (AvgIpc) is 2.71. The number of likely N-dealkylation sites (tertiary alicyclic amines) is 1. The van der Waals surface area contributed by atoms with Crippen LogP contribution in [0.1, 0.15) is 23.2 Å². The summed E-state index contributed by atoms with van der Waals surface area (Å²) in [6, 6.07) is 0.878. The Morgan fingerprint density at radius 3 is 3.27 bits per heavy atom. The first-order valence-electron chi connectivity index (χ1n) is 5.30. The zero-order valence-electron chi connectivity index (χ0n) is 8.35. The fourth-order valence-corrected chi connectivity index (χ4v) is 2.39. The fraction of sp³-hybridized carbons (Fsp3) is 0.600. The fourth-order valence-electron chi connectivity index (χ4n) is 2.39. The van der Waals surface area contributed by atoms with Gasteiger partial charge >= 0.3 is 0 Å². The first-order valence-corrected chi connectivity index (χ1v) is 5.30. The minimum Gasteiger partial charge on any atom is -0.364 e. The zero-order valence-corrected chi connectivity index (χ0v) is 8.35. The second kappa shape index (κ2) is 3.34. The highest BCUT2D eigenvalue weighted by molar-refractivity contribution is 5.94. The normalized spacial score (nSPS) is 29.5. The molecule has 2 saturated heterocycles. The molecule has 1 N–H and O–H groups in total. The van der Waals surface area contributed by atoms with Crippen LogP contribution in [-0.2, 0) is 0 Å². The van der Waals surface area contributed by atoms with Crippen LogP contribution in [0.4, 0.5) is 0 Å². The van der Waals surface area contributed by atoms with E-state index in [0.29, 0.717) is 17.6 Å². The molecule has 1 amide bonds. The van der Waals surface area contributed by atoms with Crippen molar-refractivity contribution in [3.05, 3.63) is 18.0 Å². The highest BCUT2D eigenvalue weighted by Gasteiger charge is 2.40. The molecule has 3 heterocycles. The average molecular weight is 207 g/mol. The van der Waals surface area contributed by atoms with Crippen LogP contribution in [-0.4, -0.2) is 41.1 Å². The lowest BCUT2D eigenvalue weighted by Gasteiger charge is -2.48. The molecule has 0 aromatic carbocycles. The van der Waals surface area contributed by atoms with E-state index in [1.807, 2.05) is 4.90 Å². The molecule has 0 aliphatic carbocycles. The molecule has 15 heavy (non-hydrogen) atoms. The summed E-state index contributed by atoms with van der Waals surface area (Å²) in [5.41, 5.74) is 0.558. The van der Waals surface area contributed by atoms with Crippen molar-refractivity contribution in [1.82, 2.24) is 15.4 Å². The van der Waals surface area contributed by atoms with Gasteiger partial charge in [-0.3, -0.25) is 4.79 Å². The molecule has 0 saturated carbocycles. The number of aromatic nitrogens is 1. The van der Waals surface area contributed by atoms with E-state index in [-0.39, 0.29) is 5.91 Å². The summed E-state index contributed by atoms with van der Waals surface area (Å²) in [5, 5.41) is 6.91. The van der Waals surface area contributed by atoms with Gasteiger partial charge in [0, 0.05) is 19.1 Å². The molecule has 2 atom stereocenters. The van der Waals surface area contributed by atoms with Gasteiger partial charge in [-0.2, -0.15) is 0 Å². The summed E-state index contributed by atoms with van der Waals surface area (Å²) in [4.78, 5) is 14.0. The van der Waals surface area contributed by atoms with Crippen LogP contribution in [0.3, 0.4) is 0 Å². The van der Waals surface area contributed by atoms with Crippen molar-refractivity contribution >= 4 is 5.91 Å². The first-order chi connectivity index (χ1) is 7.36. The zero-order chi connectivity index (χ0) is 10.3. The SMILES string of the molecule is O=C(c1cnoc1)N1CCCC2NCC21. The Morgan fingerprint density at radius 1 is 1.67 bits per heavy atom. The molecular weight excluding hydrogens is 194 g/mol. The Kier molecular flexibility index (Phi) is 1.98. The molecular formula is C10H13N3O2. The van der Waals surface area contributed by atoms with E-state index in [2.05, 4.69) is 10.5 Å². The van der Waals surface area contributed by atoms with Crippen molar-refractivity contribution in [3.63, 3.8) is 0 Å². The molecule has 2 aliphatic rings. The Balaban J connectivity index is 1.78. The van der Waals surface area contributed by atoms with Gasteiger partial charge in [-0.1, -0.05) is 5.16 Å². The number of fused-ring (bicyclic) bond motifs is 1. The third-order valence-corrected chi connectivity index (χ3v) is 3.31. The maximum atomic E-state index is 12.0. The Hall–Kier alpha value is -1.36. The molecule has 0 bridgehead atoms. The molecule has 5 nitrogen and oxygen atoms in total. The molecule has 1 aromatic heterocycles. The van der Waals surface area contributed by atoms with Crippen molar-refractivity contribution in [3.8, 4) is 0 Å². The predicted molar refractivity (Wildman–Crippen MR) is 52.4 cm³/mol. The highest BCUT2D eigenvalue weighted by atomic mass is 16.5. The Bertz CT molecular complexity index is 363. The maximum Gasteiger partial charge on any atom is 0.259 e. The molecule has 5 heteroatoms. The molecule has 2 unspecified atom stereocenters. The summed E-state index contributed by atoms with van der Waals surface area (Å²) in [6.45, 7) is 1.77. The van der Waals surface area contributed by atoms with Crippen molar-refractivity contribution < 1.29 is 9.32 Å². The molecule has 3 rings (SSSR count). The summed E-state index contributed by atoms with van der Waals surface area (Å²) >= 11 is 0. The molecule has 0 radical (unpaired) electrons. The van der Waals surface area contributed by atoms with E-state index >= 15 is 0 Å². The number of carbonyl (C=O) groups is 1. The van der Waals surface area contributed by atoms with Gasteiger partial charge in [0.25, 0.3) is 5.91 Å². The van der Waals surface area contributed by atoms with Crippen LogP contribution in [0.5, 0.6) is 0 Å². The van der Waals surface area contributed by atoms with Gasteiger partial charge in [0.1, 0.15) is 6.26 Å². The number of hydrogen-bond donors (Lipinski definition) is 1. The Labute approximate surface area is 87.4 Å². The number of carbonyl (C=O) groups excluding carboxylic acids is 1. The predicted octanol–water partition coefficient (Wildman–Crippen LogP) is 0.251. The smallest absolute Gasteiger partial charge is 0.259 e.